The number of imidazole rings is 1. The third kappa shape index (κ3) is 4.67. The minimum atomic E-state index is -0.146. The quantitative estimate of drug-likeness (QED) is 0.796. The van der Waals surface area contributed by atoms with Crippen molar-refractivity contribution in [3.8, 4) is 5.75 Å². The second-order valence-electron chi connectivity index (χ2n) is 5.35. The molecule has 0 unspecified atom stereocenters. The van der Waals surface area contributed by atoms with Gasteiger partial charge in [-0.2, -0.15) is 0 Å². The number of hydrogen-bond acceptors (Lipinski definition) is 4. The summed E-state index contributed by atoms with van der Waals surface area (Å²) < 4.78 is 5.47. The number of carbonyl (C=O) groups is 2. The van der Waals surface area contributed by atoms with Gasteiger partial charge in [0.25, 0.3) is 5.91 Å². The topological polar surface area (TPSA) is 75.3 Å². The minimum absolute atomic E-state index is 0.0583. The van der Waals surface area contributed by atoms with Gasteiger partial charge in [-0.3, -0.25) is 9.59 Å². The van der Waals surface area contributed by atoms with Crippen LogP contribution in [0.3, 0.4) is 0 Å². The minimum Gasteiger partial charge on any atom is -0.484 e. The Bertz CT molecular complexity index is 677. The smallest absolute Gasteiger partial charge is 0.260 e. The number of aromatic nitrogens is 2. The first-order chi connectivity index (χ1) is 11.0. The van der Waals surface area contributed by atoms with Crippen LogP contribution in [0.4, 0.5) is 0 Å². The maximum atomic E-state index is 12.1. The molecule has 0 saturated heterocycles. The first-order valence-corrected chi connectivity index (χ1v) is 7.50. The van der Waals surface area contributed by atoms with E-state index < -0.39 is 0 Å². The number of likely N-dealkylation sites (N-methyl/N-ethyl adjacent to an activating group) is 1. The van der Waals surface area contributed by atoms with E-state index in [1.165, 1.54) is 0 Å². The summed E-state index contributed by atoms with van der Waals surface area (Å²) in [5.74, 6) is 1.24. The molecule has 1 N–H and O–H groups in total. The van der Waals surface area contributed by atoms with Crippen LogP contribution in [0.1, 0.15) is 35.2 Å². The van der Waals surface area contributed by atoms with Gasteiger partial charge in [-0.1, -0.05) is 6.92 Å². The van der Waals surface area contributed by atoms with E-state index in [-0.39, 0.29) is 18.3 Å². The molecule has 0 atom stereocenters. The standard InChI is InChI=1S/C17H21N3O3/c1-4-15(21)13-5-7-14(8-6-13)23-11-17(22)20(3)10-16-18-9-12(2)19-16/h5-9H,4,10-11H2,1-3H3,(H,18,19). The van der Waals surface area contributed by atoms with Crippen molar-refractivity contribution in [3.63, 3.8) is 0 Å². The highest BCUT2D eigenvalue weighted by atomic mass is 16.5. The molecule has 0 aliphatic rings. The van der Waals surface area contributed by atoms with Crippen LogP contribution in [0.5, 0.6) is 5.75 Å². The maximum Gasteiger partial charge on any atom is 0.260 e. The molecule has 0 radical (unpaired) electrons. The number of benzene rings is 1. The number of carbonyl (C=O) groups excluding carboxylic acids is 2. The molecule has 1 aromatic heterocycles. The van der Waals surface area contributed by atoms with Crippen molar-refractivity contribution >= 4 is 11.7 Å². The molecule has 2 aromatic rings. The number of aromatic amines is 1. The van der Waals surface area contributed by atoms with Gasteiger partial charge in [0.15, 0.2) is 12.4 Å². The Morgan fingerprint density at radius 3 is 2.52 bits per heavy atom. The van der Waals surface area contributed by atoms with E-state index in [1.807, 2.05) is 13.8 Å². The van der Waals surface area contributed by atoms with Crippen LogP contribution in [0, 0.1) is 6.92 Å². The number of hydrogen-bond donors (Lipinski definition) is 1. The maximum absolute atomic E-state index is 12.1. The number of aryl methyl sites for hydroxylation is 1. The lowest BCUT2D eigenvalue weighted by Crippen LogP contribution is -2.31. The van der Waals surface area contributed by atoms with E-state index in [4.69, 9.17) is 4.74 Å². The van der Waals surface area contributed by atoms with Gasteiger partial charge < -0.3 is 14.6 Å². The molecule has 1 amide bonds. The Labute approximate surface area is 135 Å². The van der Waals surface area contributed by atoms with Gasteiger partial charge in [0.05, 0.1) is 6.54 Å². The number of Topliss-reactive ketones (excluding diaryl/α,β-unsaturated/α-hetero) is 1. The monoisotopic (exact) mass is 315 g/mol. The molecule has 0 fully saturated rings. The summed E-state index contributed by atoms with van der Waals surface area (Å²) >= 11 is 0. The van der Waals surface area contributed by atoms with Gasteiger partial charge in [0.1, 0.15) is 11.6 Å². The zero-order chi connectivity index (χ0) is 16.8. The summed E-state index contributed by atoms with van der Waals surface area (Å²) in [6.07, 6.45) is 2.19. The van der Waals surface area contributed by atoms with E-state index in [9.17, 15) is 9.59 Å². The van der Waals surface area contributed by atoms with Crippen LogP contribution in [0.25, 0.3) is 0 Å². The van der Waals surface area contributed by atoms with Crippen LogP contribution < -0.4 is 4.74 Å². The number of rotatable bonds is 7. The van der Waals surface area contributed by atoms with Crippen LogP contribution in [0.15, 0.2) is 30.5 Å². The van der Waals surface area contributed by atoms with Gasteiger partial charge in [-0.15, -0.1) is 0 Å². The van der Waals surface area contributed by atoms with Crippen molar-refractivity contribution in [2.75, 3.05) is 13.7 Å². The fraction of sp³-hybridized carbons (Fsp3) is 0.353. The first-order valence-electron chi connectivity index (χ1n) is 7.50. The highest BCUT2D eigenvalue weighted by Crippen LogP contribution is 2.13. The number of amides is 1. The average molecular weight is 315 g/mol. The van der Waals surface area contributed by atoms with Crippen molar-refractivity contribution in [2.45, 2.75) is 26.8 Å². The predicted molar refractivity (Wildman–Crippen MR) is 86.4 cm³/mol. The molecule has 0 saturated carbocycles. The summed E-state index contributed by atoms with van der Waals surface area (Å²) in [7, 11) is 1.70. The molecular formula is C17H21N3O3. The largest absolute Gasteiger partial charge is 0.484 e. The molecular weight excluding hydrogens is 294 g/mol. The van der Waals surface area contributed by atoms with Crippen LogP contribution in [-0.2, 0) is 11.3 Å². The predicted octanol–water partition coefficient (Wildman–Crippen LogP) is 2.35. The molecule has 122 valence electrons. The van der Waals surface area contributed by atoms with Crippen molar-refractivity contribution in [2.24, 2.45) is 0 Å². The molecule has 6 nitrogen and oxygen atoms in total. The fourth-order valence-electron chi connectivity index (χ4n) is 2.06. The van der Waals surface area contributed by atoms with E-state index in [1.54, 1.807) is 42.4 Å². The molecule has 0 bridgehead atoms. The van der Waals surface area contributed by atoms with E-state index in [2.05, 4.69) is 9.97 Å². The molecule has 6 heteroatoms. The lowest BCUT2D eigenvalue weighted by Gasteiger charge is -2.16. The highest BCUT2D eigenvalue weighted by molar-refractivity contribution is 5.95. The van der Waals surface area contributed by atoms with Gasteiger partial charge in [0.2, 0.25) is 0 Å². The molecule has 2 rings (SSSR count). The van der Waals surface area contributed by atoms with Crippen molar-refractivity contribution < 1.29 is 14.3 Å². The SMILES string of the molecule is CCC(=O)c1ccc(OCC(=O)N(C)Cc2ncc(C)[nH]2)cc1. The normalized spacial score (nSPS) is 10.4. The van der Waals surface area contributed by atoms with Gasteiger partial charge in [-0.25, -0.2) is 4.98 Å². The van der Waals surface area contributed by atoms with Crippen molar-refractivity contribution in [1.82, 2.24) is 14.9 Å². The second-order valence-corrected chi connectivity index (χ2v) is 5.35. The third-order valence-electron chi connectivity index (χ3n) is 3.43. The Balaban J connectivity index is 1.84. The highest BCUT2D eigenvalue weighted by Gasteiger charge is 2.12. The summed E-state index contributed by atoms with van der Waals surface area (Å²) in [4.78, 5) is 32.4. The van der Waals surface area contributed by atoms with Crippen molar-refractivity contribution in [1.29, 1.82) is 0 Å². The fourth-order valence-corrected chi connectivity index (χ4v) is 2.06. The van der Waals surface area contributed by atoms with E-state index >= 15 is 0 Å². The number of H-pyrrole nitrogens is 1. The van der Waals surface area contributed by atoms with Crippen LogP contribution >= 0.6 is 0 Å². The van der Waals surface area contributed by atoms with Gasteiger partial charge in [-0.05, 0) is 31.2 Å². The van der Waals surface area contributed by atoms with Crippen LogP contribution in [-0.4, -0.2) is 40.2 Å². The van der Waals surface area contributed by atoms with Crippen molar-refractivity contribution in [3.05, 3.63) is 47.5 Å². The molecule has 1 heterocycles. The Kier molecular flexibility index (Phi) is 5.51. The molecule has 0 spiro atoms. The number of nitrogens with one attached hydrogen (secondary N) is 1. The van der Waals surface area contributed by atoms with Crippen LogP contribution in [0.2, 0.25) is 0 Å². The summed E-state index contributed by atoms with van der Waals surface area (Å²) in [6, 6.07) is 6.82. The lowest BCUT2D eigenvalue weighted by atomic mass is 10.1. The summed E-state index contributed by atoms with van der Waals surface area (Å²) in [5.41, 5.74) is 1.61. The molecule has 0 aliphatic heterocycles. The Morgan fingerprint density at radius 1 is 1.26 bits per heavy atom. The van der Waals surface area contributed by atoms with E-state index in [0.717, 1.165) is 11.5 Å². The Hall–Kier alpha value is -2.63. The number of ketones is 1. The third-order valence-corrected chi connectivity index (χ3v) is 3.43. The van der Waals surface area contributed by atoms with Gasteiger partial charge in [0, 0.05) is 30.9 Å². The average Bonchev–Trinajstić information content (AvgIpc) is 2.97. The molecule has 1 aromatic carbocycles. The second kappa shape index (κ2) is 7.58. The number of nitrogens with zero attached hydrogens (tertiary/aromatic N) is 2. The summed E-state index contributed by atoms with van der Waals surface area (Å²) in [5, 5.41) is 0. The summed E-state index contributed by atoms with van der Waals surface area (Å²) in [6.45, 7) is 4.08. The Morgan fingerprint density at radius 2 is 1.96 bits per heavy atom. The lowest BCUT2D eigenvalue weighted by molar-refractivity contribution is -0.132. The number of ether oxygens (including phenoxy) is 1. The molecule has 23 heavy (non-hydrogen) atoms. The zero-order valence-corrected chi connectivity index (χ0v) is 13.6. The molecule has 0 aliphatic carbocycles. The first kappa shape index (κ1) is 16.7. The van der Waals surface area contributed by atoms with E-state index in [0.29, 0.717) is 24.3 Å². The zero-order valence-electron chi connectivity index (χ0n) is 13.6. The van der Waals surface area contributed by atoms with Gasteiger partial charge >= 0.3 is 0 Å².